The quantitative estimate of drug-likeness (QED) is 0.514. The van der Waals surface area contributed by atoms with Crippen molar-refractivity contribution in [1.82, 2.24) is 4.57 Å². The highest BCUT2D eigenvalue weighted by Crippen LogP contribution is 2.34. The second-order valence-corrected chi connectivity index (χ2v) is 4.41. The normalized spacial score (nSPS) is 11.8. The summed E-state index contributed by atoms with van der Waals surface area (Å²) in [7, 11) is 2.09. The van der Waals surface area contributed by atoms with Crippen molar-refractivity contribution < 1.29 is 0 Å². The van der Waals surface area contributed by atoms with E-state index in [0.29, 0.717) is 0 Å². The van der Waals surface area contributed by atoms with E-state index in [1.54, 1.807) is 22.7 Å². The van der Waals surface area contributed by atoms with Gasteiger partial charge in [-0.25, -0.2) is 0 Å². The monoisotopic (exact) mass is 191 g/mol. The average Bonchev–Trinajstić information content (AvgIpc) is 2.72. The molecule has 3 heterocycles. The Labute approximate surface area is 77.9 Å². The Kier molecular flexibility index (Phi) is 1.18. The summed E-state index contributed by atoms with van der Waals surface area (Å²) >= 11 is 3.37. The zero-order chi connectivity index (χ0) is 8.13. The van der Waals surface area contributed by atoms with E-state index < -0.39 is 0 Å². The molecule has 12 heavy (non-hydrogen) atoms. The zero-order valence-electron chi connectivity index (χ0n) is 6.42. The van der Waals surface area contributed by atoms with Gasteiger partial charge in [-0.15, -0.1) is 22.7 Å². The molecule has 3 rings (SSSR count). The third-order valence-electron chi connectivity index (χ3n) is 2.11. The first-order chi connectivity index (χ1) is 5.88. The molecule has 0 aromatic carbocycles. The molecule has 0 amide bonds. The number of thiophene rings is 2. The molecule has 0 saturated carbocycles. The molecule has 1 nitrogen and oxygen atoms in total. The predicted octanol–water partition coefficient (Wildman–Crippen LogP) is 3.05. The van der Waals surface area contributed by atoms with Crippen molar-refractivity contribution in [3.63, 3.8) is 0 Å². The highest BCUT2D eigenvalue weighted by atomic mass is 32.1. The van der Waals surface area contributed by atoms with Crippen LogP contribution in [0.4, 0.5) is 0 Å². The Hall–Kier alpha value is -0.800. The first kappa shape index (κ1) is 6.69. The van der Waals surface area contributed by atoms with E-state index in [1.807, 2.05) is 12.1 Å². The number of nitrogens with zero attached hydrogens (tertiary/aromatic N) is 1. The molecule has 2 radical (unpaired) electrons. The fourth-order valence-electron chi connectivity index (χ4n) is 1.48. The molecule has 0 bridgehead atoms. The van der Waals surface area contributed by atoms with Crippen LogP contribution in [0.25, 0.3) is 20.4 Å². The standard InChI is InChI=1S/C9H5NS2/c1-10-6-2-4-11-8(6)9-7(10)3-5-12-9/h2-3H,1H3. The maximum atomic E-state index is 3.15. The van der Waals surface area contributed by atoms with Crippen LogP contribution in [0.1, 0.15) is 0 Å². The van der Waals surface area contributed by atoms with Crippen molar-refractivity contribution in [3.8, 4) is 0 Å². The molecule has 3 aromatic rings. The van der Waals surface area contributed by atoms with Crippen molar-refractivity contribution in [2.75, 3.05) is 0 Å². The van der Waals surface area contributed by atoms with Crippen molar-refractivity contribution in [1.29, 1.82) is 0 Å². The molecule has 3 aromatic heterocycles. The Morgan fingerprint density at radius 2 is 1.58 bits per heavy atom. The number of hydrogen-bond acceptors (Lipinski definition) is 2. The highest BCUT2D eigenvalue weighted by Gasteiger charge is 2.09. The molecule has 0 fully saturated rings. The molecule has 3 heteroatoms. The Balaban J connectivity index is 2.76. The third-order valence-corrected chi connectivity index (χ3v) is 3.94. The highest BCUT2D eigenvalue weighted by molar-refractivity contribution is 7.25. The van der Waals surface area contributed by atoms with E-state index in [2.05, 4.69) is 22.4 Å². The smallest absolute Gasteiger partial charge is 0.0707 e. The number of rotatable bonds is 0. The second kappa shape index (κ2) is 2.12. The minimum Gasteiger partial charge on any atom is -0.342 e. The van der Waals surface area contributed by atoms with Crippen molar-refractivity contribution in [3.05, 3.63) is 22.9 Å². The molecule has 0 unspecified atom stereocenters. The number of hydrogen-bond donors (Lipinski definition) is 0. The molecule has 0 aliphatic heterocycles. The first-order valence-electron chi connectivity index (χ1n) is 3.62. The van der Waals surface area contributed by atoms with Gasteiger partial charge in [-0.05, 0) is 12.1 Å². The number of aryl methyl sites for hydroxylation is 1. The van der Waals surface area contributed by atoms with Crippen LogP contribution in [0, 0.1) is 10.8 Å². The summed E-state index contributed by atoms with van der Waals surface area (Å²) in [6, 6.07) is 4.10. The molecule has 0 aliphatic rings. The SMILES string of the molecule is Cn1c2c[c]sc2c2s[c]cc21. The van der Waals surface area contributed by atoms with Gasteiger partial charge in [-0.2, -0.15) is 0 Å². The van der Waals surface area contributed by atoms with Crippen LogP contribution in [0.3, 0.4) is 0 Å². The minimum atomic E-state index is 1.29. The summed E-state index contributed by atoms with van der Waals surface area (Å²) in [5.41, 5.74) is 2.57. The summed E-state index contributed by atoms with van der Waals surface area (Å²) in [5.74, 6) is 0. The van der Waals surface area contributed by atoms with E-state index in [0.717, 1.165) is 0 Å². The van der Waals surface area contributed by atoms with Gasteiger partial charge < -0.3 is 4.57 Å². The predicted molar refractivity (Wildman–Crippen MR) is 53.9 cm³/mol. The van der Waals surface area contributed by atoms with E-state index in [9.17, 15) is 0 Å². The van der Waals surface area contributed by atoms with Crippen molar-refractivity contribution in [2.45, 2.75) is 0 Å². The van der Waals surface area contributed by atoms with Gasteiger partial charge in [-0.3, -0.25) is 0 Å². The lowest BCUT2D eigenvalue weighted by Crippen LogP contribution is -1.82. The molecular weight excluding hydrogens is 186 g/mol. The van der Waals surface area contributed by atoms with Gasteiger partial charge in [0.1, 0.15) is 0 Å². The minimum absolute atomic E-state index is 1.29. The van der Waals surface area contributed by atoms with Crippen LogP contribution in [0.5, 0.6) is 0 Å². The molecule has 0 aliphatic carbocycles. The van der Waals surface area contributed by atoms with Gasteiger partial charge in [-0.1, -0.05) is 0 Å². The molecule has 0 spiro atoms. The van der Waals surface area contributed by atoms with E-state index >= 15 is 0 Å². The molecule has 58 valence electrons. The zero-order valence-corrected chi connectivity index (χ0v) is 8.05. The van der Waals surface area contributed by atoms with Crippen LogP contribution in [-0.2, 0) is 7.05 Å². The Morgan fingerprint density at radius 1 is 1.08 bits per heavy atom. The van der Waals surface area contributed by atoms with E-state index in [4.69, 9.17) is 0 Å². The van der Waals surface area contributed by atoms with Crippen LogP contribution < -0.4 is 0 Å². The Morgan fingerprint density at radius 3 is 2.08 bits per heavy atom. The topological polar surface area (TPSA) is 4.93 Å². The lowest BCUT2D eigenvalue weighted by molar-refractivity contribution is 1.02. The maximum absolute atomic E-state index is 3.15. The van der Waals surface area contributed by atoms with Crippen LogP contribution >= 0.6 is 22.7 Å². The summed E-state index contributed by atoms with van der Waals surface area (Å²) in [6.45, 7) is 0. The molecule has 0 saturated heterocycles. The van der Waals surface area contributed by atoms with Crippen LogP contribution in [-0.4, -0.2) is 4.57 Å². The van der Waals surface area contributed by atoms with E-state index in [1.165, 1.54) is 20.4 Å². The maximum Gasteiger partial charge on any atom is 0.0707 e. The lowest BCUT2D eigenvalue weighted by Gasteiger charge is -1.90. The fraction of sp³-hybridized carbons (Fsp3) is 0.111. The molecule has 0 atom stereocenters. The molecular formula is C9H5NS2. The Bertz CT molecular complexity index is 493. The van der Waals surface area contributed by atoms with Crippen molar-refractivity contribution in [2.24, 2.45) is 7.05 Å². The van der Waals surface area contributed by atoms with Gasteiger partial charge >= 0.3 is 0 Å². The summed E-state index contributed by atoms with van der Waals surface area (Å²) < 4.78 is 4.89. The molecule has 0 N–H and O–H groups in total. The van der Waals surface area contributed by atoms with E-state index in [-0.39, 0.29) is 0 Å². The van der Waals surface area contributed by atoms with Crippen molar-refractivity contribution >= 4 is 43.1 Å². The number of fused-ring (bicyclic) bond motifs is 3. The third kappa shape index (κ3) is 0.635. The lowest BCUT2D eigenvalue weighted by atomic mass is 10.5. The van der Waals surface area contributed by atoms with Gasteiger partial charge in [0.05, 0.1) is 20.4 Å². The van der Waals surface area contributed by atoms with Crippen LogP contribution in [0.2, 0.25) is 0 Å². The summed E-state index contributed by atoms with van der Waals surface area (Å²) in [5, 5.41) is 6.31. The summed E-state index contributed by atoms with van der Waals surface area (Å²) in [4.78, 5) is 0. The van der Waals surface area contributed by atoms with Crippen LogP contribution in [0.15, 0.2) is 12.1 Å². The first-order valence-corrected chi connectivity index (χ1v) is 5.25. The van der Waals surface area contributed by atoms with Gasteiger partial charge in [0.25, 0.3) is 0 Å². The fourth-order valence-corrected chi connectivity index (χ4v) is 3.30. The average molecular weight is 191 g/mol. The summed E-state index contributed by atoms with van der Waals surface area (Å²) in [6.07, 6.45) is 0. The number of aromatic nitrogens is 1. The van der Waals surface area contributed by atoms with Gasteiger partial charge in [0.2, 0.25) is 0 Å². The van der Waals surface area contributed by atoms with Gasteiger partial charge in [0, 0.05) is 17.8 Å². The largest absolute Gasteiger partial charge is 0.342 e. The second-order valence-electron chi connectivity index (χ2n) is 2.72. The van der Waals surface area contributed by atoms with Gasteiger partial charge in [0.15, 0.2) is 0 Å².